The highest BCUT2D eigenvalue weighted by Gasteiger charge is 2.36. The van der Waals surface area contributed by atoms with Gasteiger partial charge in [-0.2, -0.15) is 13.2 Å². The molecule has 4 nitrogen and oxygen atoms in total. The standard InChI is InChI=1S/C13H16F3N3O/c1-12(5-2-6-12)18-11(20)8-3-4-10(19-17)9(7-8)13(14,15)16/h3-4,7,19H,2,5-6,17H2,1H3,(H,18,20). The van der Waals surface area contributed by atoms with Gasteiger partial charge >= 0.3 is 6.18 Å². The van der Waals surface area contributed by atoms with Gasteiger partial charge in [0, 0.05) is 11.1 Å². The van der Waals surface area contributed by atoms with Crippen molar-refractivity contribution in [3.05, 3.63) is 29.3 Å². The largest absolute Gasteiger partial charge is 0.418 e. The minimum Gasteiger partial charge on any atom is -0.347 e. The van der Waals surface area contributed by atoms with Crippen molar-refractivity contribution in [1.82, 2.24) is 5.32 Å². The van der Waals surface area contributed by atoms with Gasteiger partial charge < -0.3 is 10.7 Å². The lowest BCUT2D eigenvalue weighted by atomic mass is 9.78. The molecule has 1 aromatic rings. The predicted molar refractivity (Wildman–Crippen MR) is 69.0 cm³/mol. The number of hydrogen-bond donors (Lipinski definition) is 3. The molecule has 0 unspecified atom stereocenters. The molecule has 0 aliphatic heterocycles. The first-order valence-corrected chi connectivity index (χ1v) is 6.25. The zero-order valence-electron chi connectivity index (χ0n) is 11.0. The SMILES string of the molecule is CC1(NC(=O)c2ccc(NN)c(C(F)(F)F)c2)CCC1. The highest BCUT2D eigenvalue weighted by Crippen LogP contribution is 2.36. The molecule has 1 aliphatic rings. The number of carbonyl (C=O) groups excluding carboxylic acids is 1. The Bertz CT molecular complexity index is 524. The van der Waals surface area contributed by atoms with Crippen LogP contribution in [0.2, 0.25) is 0 Å². The highest BCUT2D eigenvalue weighted by molar-refractivity contribution is 5.95. The fraction of sp³-hybridized carbons (Fsp3) is 0.462. The molecular formula is C13H16F3N3O. The number of amides is 1. The number of benzene rings is 1. The average Bonchev–Trinajstić information content (AvgIpc) is 2.35. The van der Waals surface area contributed by atoms with Crippen LogP contribution in [0.15, 0.2) is 18.2 Å². The molecule has 0 atom stereocenters. The third kappa shape index (κ3) is 2.87. The molecule has 0 heterocycles. The Morgan fingerprint density at radius 3 is 2.45 bits per heavy atom. The lowest BCUT2D eigenvalue weighted by Gasteiger charge is -2.39. The Morgan fingerprint density at radius 1 is 1.35 bits per heavy atom. The average molecular weight is 287 g/mol. The molecule has 1 saturated carbocycles. The van der Waals surface area contributed by atoms with Crippen molar-refractivity contribution in [2.75, 3.05) is 5.43 Å². The van der Waals surface area contributed by atoms with Gasteiger partial charge in [0.25, 0.3) is 5.91 Å². The summed E-state index contributed by atoms with van der Waals surface area (Å²) >= 11 is 0. The van der Waals surface area contributed by atoms with Crippen LogP contribution < -0.4 is 16.6 Å². The van der Waals surface area contributed by atoms with E-state index in [0.29, 0.717) is 0 Å². The summed E-state index contributed by atoms with van der Waals surface area (Å²) in [6, 6.07) is 3.29. The van der Waals surface area contributed by atoms with Crippen LogP contribution in [0.5, 0.6) is 0 Å². The van der Waals surface area contributed by atoms with E-state index in [2.05, 4.69) is 5.32 Å². The topological polar surface area (TPSA) is 67.2 Å². The number of anilines is 1. The molecule has 110 valence electrons. The Hall–Kier alpha value is -1.76. The van der Waals surface area contributed by atoms with Crippen molar-refractivity contribution in [3.8, 4) is 0 Å². The maximum atomic E-state index is 12.9. The van der Waals surface area contributed by atoms with Gasteiger partial charge in [-0.05, 0) is 44.4 Å². The molecule has 0 aromatic heterocycles. The Kier molecular flexibility index (Phi) is 3.64. The van der Waals surface area contributed by atoms with E-state index < -0.39 is 17.6 Å². The summed E-state index contributed by atoms with van der Waals surface area (Å²) in [4.78, 5) is 12.0. The molecule has 7 heteroatoms. The van der Waals surface area contributed by atoms with Crippen molar-refractivity contribution in [1.29, 1.82) is 0 Å². The smallest absolute Gasteiger partial charge is 0.347 e. The fourth-order valence-corrected chi connectivity index (χ4v) is 2.22. The summed E-state index contributed by atoms with van der Waals surface area (Å²) in [5, 5.41) is 2.77. The zero-order chi connectivity index (χ0) is 15.0. The van der Waals surface area contributed by atoms with E-state index in [1.165, 1.54) is 6.07 Å². The third-order valence-corrected chi connectivity index (χ3v) is 3.62. The number of nitrogens with one attached hydrogen (secondary N) is 2. The van der Waals surface area contributed by atoms with Crippen molar-refractivity contribution >= 4 is 11.6 Å². The van der Waals surface area contributed by atoms with Crippen molar-refractivity contribution in [3.63, 3.8) is 0 Å². The zero-order valence-corrected chi connectivity index (χ0v) is 11.0. The summed E-state index contributed by atoms with van der Waals surface area (Å²) < 4.78 is 38.6. The molecule has 2 rings (SSSR count). The van der Waals surface area contributed by atoms with E-state index in [4.69, 9.17) is 5.84 Å². The number of hydrazine groups is 1. The molecule has 1 aromatic carbocycles. The number of carbonyl (C=O) groups is 1. The first-order valence-electron chi connectivity index (χ1n) is 6.25. The fourth-order valence-electron chi connectivity index (χ4n) is 2.22. The van der Waals surface area contributed by atoms with Crippen LogP contribution in [-0.2, 0) is 6.18 Å². The van der Waals surface area contributed by atoms with Gasteiger partial charge in [0.15, 0.2) is 0 Å². The number of nitrogen functional groups attached to an aromatic ring is 1. The van der Waals surface area contributed by atoms with Crippen LogP contribution >= 0.6 is 0 Å². The van der Waals surface area contributed by atoms with Crippen molar-refractivity contribution < 1.29 is 18.0 Å². The second-order valence-electron chi connectivity index (χ2n) is 5.27. The van der Waals surface area contributed by atoms with Crippen molar-refractivity contribution in [2.24, 2.45) is 5.84 Å². The van der Waals surface area contributed by atoms with Gasteiger partial charge in [0.1, 0.15) is 0 Å². The Morgan fingerprint density at radius 2 is 2.00 bits per heavy atom. The van der Waals surface area contributed by atoms with Gasteiger partial charge in [0.05, 0.1) is 11.3 Å². The highest BCUT2D eigenvalue weighted by atomic mass is 19.4. The minimum atomic E-state index is -4.57. The molecule has 1 aliphatic carbocycles. The lowest BCUT2D eigenvalue weighted by molar-refractivity contribution is -0.137. The normalized spacial score (nSPS) is 17.2. The van der Waals surface area contributed by atoms with Gasteiger partial charge in [0.2, 0.25) is 0 Å². The molecule has 20 heavy (non-hydrogen) atoms. The third-order valence-electron chi connectivity index (χ3n) is 3.62. The van der Waals surface area contributed by atoms with Crippen LogP contribution in [0.25, 0.3) is 0 Å². The van der Waals surface area contributed by atoms with Crippen LogP contribution in [0.3, 0.4) is 0 Å². The van der Waals surface area contributed by atoms with E-state index in [1.54, 1.807) is 0 Å². The van der Waals surface area contributed by atoms with Gasteiger partial charge in [-0.25, -0.2) is 0 Å². The minimum absolute atomic E-state index is 0.0237. The number of halogens is 3. The summed E-state index contributed by atoms with van der Waals surface area (Å²) in [6.07, 6.45) is -1.88. The van der Waals surface area contributed by atoms with E-state index >= 15 is 0 Å². The maximum absolute atomic E-state index is 12.9. The number of rotatable bonds is 3. The van der Waals surface area contributed by atoms with Crippen LogP contribution in [0.1, 0.15) is 42.1 Å². The molecule has 0 radical (unpaired) electrons. The van der Waals surface area contributed by atoms with Crippen molar-refractivity contribution in [2.45, 2.75) is 37.9 Å². The number of nitrogens with two attached hydrogens (primary N) is 1. The first kappa shape index (κ1) is 14.6. The Labute approximate surface area is 114 Å². The molecule has 0 bridgehead atoms. The van der Waals surface area contributed by atoms with Crippen LogP contribution in [-0.4, -0.2) is 11.4 Å². The second kappa shape index (κ2) is 4.97. The lowest BCUT2D eigenvalue weighted by Crippen LogP contribution is -2.50. The van der Waals surface area contributed by atoms with Crippen LogP contribution in [0.4, 0.5) is 18.9 Å². The molecule has 0 spiro atoms. The number of alkyl halides is 3. The summed E-state index contributed by atoms with van der Waals surface area (Å²) in [6.45, 7) is 1.88. The van der Waals surface area contributed by atoms with Gasteiger partial charge in [-0.1, -0.05) is 0 Å². The molecule has 1 fully saturated rings. The van der Waals surface area contributed by atoms with E-state index in [9.17, 15) is 18.0 Å². The summed E-state index contributed by atoms with van der Waals surface area (Å²) in [5.74, 6) is 4.56. The number of hydrogen-bond acceptors (Lipinski definition) is 3. The molecule has 1 amide bonds. The second-order valence-corrected chi connectivity index (χ2v) is 5.27. The Balaban J connectivity index is 2.26. The molecule has 4 N–H and O–H groups in total. The predicted octanol–water partition coefficient (Wildman–Crippen LogP) is 2.66. The quantitative estimate of drug-likeness (QED) is 0.591. The summed E-state index contributed by atoms with van der Waals surface area (Å²) in [7, 11) is 0. The van der Waals surface area contributed by atoms with E-state index in [-0.39, 0.29) is 16.8 Å². The van der Waals surface area contributed by atoms with E-state index in [0.717, 1.165) is 31.4 Å². The van der Waals surface area contributed by atoms with E-state index in [1.807, 2.05) is 12.3 Å². The molecule has 0 saturated heterocycles. The monoisotopic (exact) mass is 287 g/mol. The molecular weight excluding hydrogens is 271 g/mol. The van der Waals surface area contributed by atoms with Gasteiger partial charge in [-0.15, -0.1) is 0 Å². The summed E-state index contributed by atoms with van der Waals surface area (Å²) in [5.41, 5.74) is 0.446. The first-order chi connectivity index (χ1) is 9.25. The van der Waals surface area contributed by atoms with Gasteiger partial charge in [-0.3, -0.25) is 10.6 Å². The van der Waals surface area contributed by atoms with Crippen LogP contribution in [0, 0.1) is 0 Å². The maximum Gasteiger partial charge on any atom is 0.418 e.